The lowest BCUT2D eigenvalue weighted by atomic mass is 9.84. The zero-order chi connectivity index (χ0) is 26.7. The maximum absolute atomic E-state index is 13.7. The second-order valence-corrected chi connectivity index (χ2v) is 11.2. The summed E-state index contributed by atoms with van der Waals surface area (Å²) >= 11 is 0. The molecule has 3 aromatic rings. The highest BCUT2D eigenvalue weighted by Crippen LogP contribution is 2.43. The number of aliphatic carboxylic acids is 1. The van der Waals surface area contributed by atoms with Gasteiger partial charge >= 0.3 is 5.97 Å². The highest BCUT2D eigenvalue weighted by Gasteiger charge is 2.48. The Hall–Kier alpha value is -3.30. The summed E-state index contributed by atoms with van der Waals surface area (Å²) in [6.45, 7) is 7.05. The van der Waals surface area contributed by atoms with Crippen molar-refractivity contribution < 1.29 is 28.5 Å². The van der Waals surface area contributed by atoms with Crippen molar-refractivity contribution in [1.29, 1.82) is 0 Å². The van der Waals surface area contributed by atoms with Gasteiger partial charge in [-0.3, -0.25) is 9.55 Å². The lowest BCUT2D eigenvalue weighted by Gasteiger charge is -2.26. The lowest BCUT2D eigenvalue weighted by molar-refractivity contribution is -0.141. The summed E-state index contributed by atoms with van der Waals surface area (Å²) in [5.41, 5.74) is 3.19. The minimum absolute atomic E-state index is 0.394. The fourth-order valence-electron chi connectivity index (χ4n) is 3.80. The molecule has 0 aliphatic heterocycles. The molecule has 188 valence electrons. The van der Waals surface area contributed by atoms with Crippen LogP contribution in [0.3, 0.4) is 0 Å². The molecule has 0 aliphatic rings. The van der Waals surface area contributed by atoms with Gasteiger partial charge in [-0.1, -0.05) is 75.1 Å². The zero-order valence-electron chi connectivity index (χ0n) is 20.8. The van der Waals surface area contributed by atoms with Crippen molar-refractivity contribution in [2.24, 2.45) is 0 Å². The van der Waals surface area contributed by atoms with Gasteiger partial charge in [-0.2, -0.15) is 0 Å². The summed E-state index contributed by atoms with van der Waals surface area (Å²) in [6.07, 6.45) is -1.59. The van der Waals surface area contributed by atoms with Gasteiger partial charge < -0.3 is 14.7 Å². The van der Waals surface area contributed by atoms with Crippen LogP contribution in [-0.2, 0) is 19.3 Å². The number of hydrogen-bond donors (Lipinski definition) is 2. The molecule has 36 heavy (non-hydrogen) atoms. The molecule has 3 unspecified atom stereocenters. The molecular formula is C28H29FNO5P. The first-order valence-electron chi connectivity index (χ1n) is 11.3. The average molecular weight is 510 g/mol. The number of halogens is 1. The summed E-state index contributed by atoms with van der Waals surface area (Å²) in [7, 11) is -2.20. The molecule has 2 N–H and O–H groups in total. The Labute approximate surface area is 211 Å². The molecule has 3 rings (SSSR count). The monoisotopic (exact) mass is 509 g/mol. The highest BCUT2D eigenvalue weighted by atomic mass is 31.1. The van der Waals surface area contributed by atoms with Gasteiger partial charge in [0.05, 0.1) is 23.1 Å². The smallest absolute Gasteiger partial charge is 0.334 e. The van der Waals surface area contributed by atoms with E-state index in [0.717, 1.165) is 12.7 Å². The van der Waals surface area contributed by atoms with Gasteiger partial charge in [-0.05, 0) is 30.7 Å². The molecule has 2 aromatic carbocycles. The van der Waals surface area contributed by atoms with Gasteiger partial charge in [0.1, 0.15) is 5.82 Å². The van der Waals surface area contributed by atoms with Crippen LogP contribution in [-0.4, -0.2) is 39.5 Å². The largest absolute Gasteiger partial charge is 0.480 e. The Morgan fingerprint density at radius 1 is 1.08 bits per heavy atom. The Balaban J connectivity index is 2.44. The van der Waals surface area contributed by atoms with E-state index in [-0.39, 0.29) is 0 Å². The van der Waals surface area contributed by atoms with E-state index in [0.29, 0.717) is 28.1 Å². The number of nitrogens with zero attached hydrogens (tertiary/aromatic N) is 1. The number of aliphatic hydroxyl groups is 1. The third-order valence-electron chi connectivity index (χ3n) is 5.81. The molecule has 0 spiro atoms. The van der Waals surface area contributed by atoms with Crippen LogP contribution in [0.1, 0.15) is 39.0 Å². The molecular weight excluding hydrogens is 480 g/mol. The second kappa shape index (κ2) is 10.8. The molecule has 0 amide bonds. The van der Waals surface area contributed by atoms with Crippen LogP contribution >= 0.6 is 8.03 Å². The number of carboxylic acid groups (broad SMARTS) is 1. The zero-order valence-corrected chi connectivity index (χ0v) is 21.8. The molecule has 1 aromatic heterocycles. The third kappa shape index (κ3) is 5.42. The summed E-state index contributed by atoms with van der Waals surface area (Å²) in [6, 6.07) is 17.2. The quantitative estimate of drug-likeness (QED) is 0.335. The normalized spacial score (nSPS) is 14.8. The van der Waals surface area contributed by atoms with Crippen LogP contribution in [0.4, 0.5) is 4.39 Å². The van der Waals surface area contributed by atoms with Crippen molar-refractivity contribution in [2.75, 3.05) is 7.11 Å². The van der Waals surface area contributed by atoms with Crippen molar-refractivity contribution in [1.82, 2.24) is 4.98 Å². The van der Waals surface area contributed by atoms with E-state index in [1.165, 1.54) is 19.1 Å². The standard InChI is InChI=1S/C28H29FNO5P/c1-18(31)28(26(32)33,36(34)35-5)16-15-22-23(19-11-13-21(29)14-12-19)17-24(20-9-7-6-8-10-20)30-25(22)27(2,3)4/h6-14,17-18,31,36H,1-5H3,(H,32,33). The molecule has 6 nitrogen and oxygen atoms in total. The molecule has 0 aliphatic carbocycles. The first-order chi connectivity index (χ1) is 16.9. The summed E-state index contributed by atoms with van der Waals surface area (Å²) in [5.74, 6) is 3.53. The van der Waals surface area contributed by atoms with Crippen molar-refractivity contribution >= 4 is 14.0 Å². The molecule has 0 radical (unpaired) electrons. The predicted molar refractivity (Wildman–Crippen MR) is 139 cm³/mol. The van der Waals surface area contributed by atoms with E-state index in [4.69, 9.17) is 9.51 Å². The van der Waals surface area contributed by atoms with Crippen LogP contribution < -0.4 is 0 Å². The number of aromatic nitrogens is 1. The molecule has 1 heterocycles. The van der Waals surface area contributed by atoms with Crippen molar-refractivity contribution in [3.05, 3.63) is 77.7 Å². The Morgan fingerprint density at radius 3 is 2.19 bits per heavy atom. The first kappa shape index (κ1) is 27.3. The summed E-state index contributed by atoms with van der Waals surface area (Å²) < 4.78 is 31.3. The first-order valence-corrected chi connectivity index (χ1v) is 12.6. The Morgan fingerprint density at radius 2 is 1.69 bits per heavy atom. The summed E-state index contributed by atoms with van der Waals surface area (Å²) in [4.78, 5) is 17.1. The number of aliphatic hydroxyl groups excluding tert-OH is 1. The van der Waals surface area contributed by atoms with E-state index < -0.39 is 36.5 Å². The van der Waals surface area contributed by atoms with E-state index in [2.05, 4.69) is 11.8 Å². The number of hydrogen-bond acceptors (Lipinski definition) is 5. The Bertz CT molecular complexity index is 1340. The molecule has 3 atom stereocenters. The fourth-order valence-corrected chi connectivity index (χ4v) is 4.80. The summed E-state index contributed by atoms with van der Waals surface area (Å²) in [5, 5.41) is 18.0. The maximum atomic E-state index is 13.7. The molecule has 0 saturated heterocycles. The number of pyridine rings is 1. The van der Waals surface area contributed by atoms with Crippen LogP contribution in [0, 0.1) is 17.7 Å². The van der Waals surface area contributed by atoms with E-state index in [1.54, 1.807) is 12.1 Å². The van der Waals surface area contributed by atoms with Crippen LogP contribution in [0.25, 0.3) is 22.4 Å². The fraction of sp³-hybridized carbons (Fsp3) is 0.286. The minimum atomic E-state index is -3.32. The lowest BCUT2D eigenvalue weighted by Crippen LogP contribution is -2.44. The average Bonchev–Trinajstić information content (AvgIpc) is 2.84. The van der Waals surface area contributed by atoms with Crippen LogP contribution in [0.5, 0.6) is 0 Å². The predicted octanol–water partition coefficient (Wildman–Crippen LogP) is 5.53. The molecule has 0 fully saturated rings. The number of carboxylic acids is 1. The number of carbonyl (C=O) groups is 1. The van der Waals surface area contributed by atoms with Crippen LogP contribution in [0.2, 0.25) is 0 Å². The van der Waals surface area contributed by atoms with E-state index in [9.17, 15) is 24.0 Å². The second-order valence-electron chi connectivity index (χ2n) is 9.43. The number of benzene rings is 2. The van der Waals surface area contributed by atoms with Gasteiger partial charge in [0.2, 0.25) is 13.2 Å². The van der Waals surface area contributed by atoms with Gasteiger partial charge in [0.15, 0.2) is 0 Å². The van der Waals surface area contributed by atoms with Crippen LogP contribution in [0.15, 0.2) is 60.7 Å². The van der Waals surface area contributed by atoms with Gasteiger partial charge in [0.25, 0.3) is 0 Å². The van der Waals surface area contributed by atoms with E-state index >= 15 is 0 Å². The van der Waals surface area contributed by atoms with Gasteiger partial charge in [0, 0.05) is 23.7 Å². The SMILES string of the molecule is CO[PH](=O)C(C#Cc1c(-c2ccc(F)cc2)cc(-c2ccccc2)nc1C(C)(C)C)(C(=O)O)C(C)O. The Kier molecular flexibility index (Phi) is 8.15. The maximum Gasteiger partial charge on any atom is 0.334 e. The molecule has 0 bridgehead atoms. The van der Waals surface area contributed by atoms with E-state index in [1.807, 2.05) is 57.2 Å². The van der Waals surface area contributed by atoms with Crippen molar-refractivity contribution in [3.63, 3.8) is 0 Å². The third-order valence-corrected chi connectivity index (χ3v) is 7.58. The number of rotatable bonds is 6. The van der Waals surface area contributed by atoms with Crippen molar-refractivity contribution in [3.8, 4) is 34.2 Å². The van der Waals surface area contributed by atoms with Gasteiger partial charge in [-0.25, -0.2) is 9.18 Å². The highest BCUT2D eigenvalue weighted by molar-refractivity contribution is 7.43. The minimum Gasteiger partial charge on any atom is -0.480 e. The van der Waals surface area contributed by atoms with Gasteiger partial charge in [-0.15, -0.1) is 0 Å². The molecule has 0 saturated carbocycles. The topological polar surface area (TPSA) is 96.7 Å². The molecule has 8 heteroatoms. The van der Waals surface area contributed by atoms with Crippen molar-refractivity contribution in [2.45, 2.75) is 44.4 Å².